The van der Waals surface area contributed by atoms with Crippen molar-refractivity contribution < 1.29 is 19.4 Å². The highest BCUT2D eigenvalue weighted by Crippen LogP contribution is 2.43. The molecule has 0 aliphatic carbocycles. The van der Waals surface area contributed by atoms with Crippen LogP contribution in [0.1, 0.15) is 28.3 Å². The molecule has 1 aliphatic heterocycles. The fraction of sp³-hybridized carbons (Fsp3) is 0.160. The number of aryl methyl sites for hydroxylation is 1. The van der Waals surface area contributed by atoms with Crippen molar-refractivity contribution in [2.75, 3.05) is 7.11 Å². The summed E-state index contributed by atoms with van der Waals surface area (Å²) in [6, 6.07) is 12.5. The lowest BCUT2D eigenvalue weighted by atomic mass is 9.93. The van der Waals surface area contributed by atoms with Gasteiger partial charge in [0.1, 0.15) is 11.5 Å². The number of methoxy groups -OCH3 is 1. The van der Waals surface area contributed by atoms with E-state index in [0.29, 0.717) is 27.5 Å². The van der Waals surface area contributed by atoms with Crippen molar-refractivity contribution in [3.63, 3.8) is 0 Å². The number of benzene rings is 2. The Bertz CT molecular complexity index is 1270. The van der Waals surface area contributed by atoms with Crippen LogP contribution in [-0.2, 0) is 16.1 Å². The molecule has 0 bridgehead atoms. The minimum absolute atomic E-state index is 0.0404. The van der Waals surface area contributed by atoms with Crippen LogP contribution in [0.2, 0.25) is 10.0 Å². The van der Waals surface area contributed by atoms with Gasteiger partial charge in [0.05, 0.1) is 18.7 Å². The fourth-order valence-electron chi connectivity index (χ4n) is 3.95. The molecule has 1 aromatic heterocycles. The Kier molecular flexibility index (Phi) is 6.40. The number of carbonyl (C=O) groups is 2. The summed E-state index contributed by atoms with van der Waals surface area (Å²) in [6.07, 6.45) is 3.24. The first kappa shape index (κ1) is 22.8. The monoisotopic (exact) mass is 482 g/mol. The number of likely N-dealkylation sites (tertiary alicyclic amines) is 1. The number of aromatic nitrogens is 1. The van der Waals surface area contributed by atoms with Gasteiger partial charge in [-0.05, 0) is 60.0 Å². The van der Waals surface area contributed by atoms with E-state index in [9.17, 15) is 14.7 Å². The number of nitrogens with zero attached hydrogens (tertiary/aromatic N) is 2. The zero-order valence-electron chi connectivity index (χ0n) is 17.9. The van der Waals surface area contributed by atoms with Gasteiger partial charge in [-0.1, -0.05) is 35.3 Å². The smallest absolute Gasteiger partial charge is 0.295 e. The molecule has 8 heteroatoms. The topological polar surface area (TPSA) is 79.7 Å². The molecule has 168 valence electrons. The predicted molar refractivity (Wildman–Crippen MR) is 126 cm³/mol. The maximum atomic E-state index is 13.2. The van der Waals surface area contributed by atoms with Crippen LogP contribution in [0.5, 0.6) is 5.75 Å². The number of rotatable bonds is 5. The Balaban J connectivity index is 1.91. The summed E-state index contributed by atoms with van der Waals surface area (Å²) in [4.78, 5) is 31.8. The molecule has 1 saturated heterocycles. The van der Waals surface area contributed by atoms with E-state index in [1.165, 1.54) is 4.90 Å². The molecule has 0 spiro atoms. The first-order valence-electron chi connectivity index (χ1n) is 10.1. The highest BCUT2D eigenvalue weighted by Gasteiger charge is 2.46. The molecular formula is C25H20Cl2N2O4. The lowest BCUT2D eigenvalue weighted by Gasteiger charge is -2.26. The van der Waals surface area contributed by atoms with Crippen molar-refractivity contribution in [2.24, 2.45) is 0 Å². The molecule has 0 radical (unpaired) electrons. The average Bonchev–Trinajstić information content (AvgIpc) is 3.04. The van der Waals surface area contributed by atoms with Gasteiger partial charge in [-0.2, -0.15) is 0 Å². The van der Waals surface area contributed by atoms with Gasteiger partial charge < -0.3 is 14.7 Å². The van der Waals surface area contributed by atoms with Gasteiger partial charge >= 0.3 is 0 Å². The molecular weight excluding hydrogens is 463 g/mol. The van der Waals surface area contributed by atoms with Crippen molar-refractivity contribution in [1.29, 1.82) is 0 Å². The second kappa shape index (κ2) is 9.25. The number of ketones is 1. The Morgan fingerprint density at radius 2 is 1.94 bits per heavy atom. The molecule has 3 aromatic rings. The summed E-state index contributed by atoms with van der Waals surface area (Å²) in [6.45, 7) is 1.90. The molecule has 1 N–H and O–H groups in total. The van der Waals surface area contributed by atoms with Crippen molar-refractivity contribution in [3.8, 4) is 5.75 Å². The van der Waals surface area contributed by atoms with Gasteiger partial charge in [0, 0.05) is 34.5 Å². The minimum atomic E-state index is -0.906. The van der Waals surface area contributed by atoms with E-state index in [0.717, 1.165) is 5.56 Å². The highest BCUT2D eigenvalue weighted by atomic mass is 35.5. The van der Waals surface area contributed by atoms with E-state index < -0.39 is 17.7 Å². The van der Waals surface area contributed by atoms with Crippen LogP contribution in [0.4, 0.5) is 0 Å². The first-order chi connectivity index (χ1) is 15.8. The van der Waals surface area contributed by atoms with Gasteiger partial charge in [-0.15, -0.1) is 0 Å². The molecule has 1 unspecified atom stereocenters. The zero-order chi connectivity index (χ0) is 23.7. The number of halogens is 2. The van der Waals surface area contributed by atoms with Crippen LogP contribution in [0.3, 0.4) is 0 Å². The first-order valence-corrected chi connectivity index (χ1v) is 10.8. The van der Waals surface area contributed by atoms with Gasteiger partial charge in [-0.25, -0.2) is 0 Å². The molecule has 1 fully saturated rings. The Labute approximate surface area is 201 Å². The van der Waals surface area contributed by atoms with Crippen LogP contribution in [-0.4, -0.2) is 33.8 Å². The standard InChI is InChI=1S/C25H20Cl2N2O4/c1-14-10-17(33-2)6-8-18(14)23(30)21-22(19-7-5-16(26)11-20(19)27)29(25(32)24(21)31)13-15-4-3-9-28-12-15/h3-12,22,30H,13H2,1-2H3. The second-order valence-corrected chi connectivity index (χ2v) is 8.48. The molecule has 4 rings (SSSR count). The molecule has 1 atom stereocenters. The number of amides is 1. The largest absolute Gasteiger partial charge is 0.507 e. The lowest BCUT2D eigenvalue weighted by Crippen LogP contribution is -2.29. The van der Waals surface area contributed by atoms with Crippen molar-refractivity contribution in [1.82, 2.24) is 9.88 Å². The number of pyridine rings is 1. The normalized spacial score (nSPS) is 17.5. The quantitative estimate of drug-likeness (QED) is 0.302. The van der Waals surface area contributed by atoms with Gasteiger partial charge in [0.2, 0.25) is 0 Å². The van der Waals surface area contributed by atoms with E-state index in [1.807, 2.05) is 0 Å². The summed E-state index contributed by atoms with van der Waals surface area (Å²) < 4.78 is 5.23. The Hall–Kier alpha value is -3.35. The number of hydrogen-bond donors (Lipinski definition) is 1. The third-order valence-electron chi connectivity index (χ3n) is 5.56. The molecule has 2 aromatic carbocycles. The van der Waals surface area contributed by atoms with Crippen molar-refractivity contribution in [3.05, 3.63) is 98.8 Å². The number of aliphatic hydroxyl groups is 1. The van der Waals surface area contributed by atoms with Crippen molar-refractivity contribution >= 4 is 40.7 Å². The third kappa shape index (κ3) is 4.32. The fourth-order valence-corrected chi connectivity index (χ4v) is 4.46. The second-order valence-electron chi connectivity index (χ2n) is 7.63. The number of Topliss-reactive ketones (excluding diaryl/α,β-unsaturated/α-hetero) is 1. The zero-order valence-corrected chi connectivity index (χ0v) is 19.4. The maximum absolute atomic E-state index is 13.2. The van der Waals surface area contributed by atoms with Gasteiger partial charge in [-0.3, -0.25) is 14.6 Å². The lowest BCUT2D eigenvalue weighted by molar-refractivity contribution is -0.140. The maximum Gasteiger partial charge on any atom is 0.295 e. The number of aliphatic hydroxyl groups excluding tert-OH is 1. The number of ether oxygens (including phenoxy) is 1. The molecule has 6 nitrogen and oxygen atoms in total. The number of carbonyl (C=O) groups excluding carboxylic acids is 2. The summed E-state index contributed by atoms with van der Waals surface area (Å²) in [5, 5.41) is 12.0. The Morgan fingerprint density at radius 1 is 1.15 bits per heavy atom. The van der Waals surface area contributed by atoms with Crippen LogP contribution < -0.4 is 4.74 Å². The van der Waals surface area contributed by atoms with Crippen LogP contribution in [0.25, 0.3) is 5.76 Å². The third-order valence-corrected chi connectivity index (χ3v) is 6.12. The van der Waals surface area contributed by atoms with Gasteiger partial charge in [0.15, 0.2) is 0 Å². The van der Waals surface area contributed by atoms with Crippen LogP contribution >= 0.6 is 23.2 Å². The predicted octanol–water partition coefficient (Wildman–Crippen LogP) is 5.33. The van der Waals surface area contributed by atoms with E-state index in [-0.39, 0.29) is 22.9 Å². The van der Waals surface area contributed by atoms with Gasteiger partial charge in [0.25, 0.3) is 11.7 Å². The van der Waals surface area contributed by atoms with E-state index in [4.69, 9.17) is 27.9 Å². The SMILES string of the molecule is COc1ccc(C(O)=C2C(=O)C(=O)N(Cc3cccnc3)C2c2ccc(Cl)cc2Cl)c(C)c1. The summed E-state index contributed by atoms with van der Waals surface area (Å²) in [5.41, 5.74) is 2.28. The molecule has 2 heterocycles. The van der Waals surface area contributed by atoms with E-state index >= 15 is 0 Å². The molecule has 0 saturated carbocycles. The average molecular weight is 483 g/mol. The summed E-state index contributed by atoms with van der Waals surface area (Å²) >= 11 is 12.6. The molecule has 1 amide bonds. The van der Waals surface area contributed by atoms with Crippen LogP contribution in [0, 0.1) is 6.92 Å². The number of hydrogen-bond acceptors (Lipinski definition) is 5. The molecule has 1 aliphatic rings. The highest BCUT2D eigenvalue weighted by molar-refractivity contribution is 6.47. The minimum Gasteiger partial charge on any atom is -0.507 e. The summed E-state index contributed by atoms with van der Waals surface area (Å²) in [5.74, 6) is -1.19. The van der Waals surface area contributed by atoms with E-state index in [2.05, 4.69) is 4.98 Å². The van der Waals surface area contributed by atoms with E-state index in [1.54, 1.807) is 75.0 Å². The molecule has 33 heavy (non-hydrogen) atoms. The summed E-state index contributed by atoms with van der Waals surface area (Å²) in [7, 11) is 1.54. The van der Waals surface area contributed by atoms with Crippen molar-refractivity contribution in [2.45, 2.75) is 19.5 Å². The van der Waals surface area contributed by atoms with Crippen LogP contribution in [0.15, 0.2) is 66.5 Å². The Morgan fingerprint density at radius 3 is 2.58 bits per heavy atom.